The van der Waals surface area contributed by atoms with Gasteiger partial charge in [0.1, 0.15) is 0 Å². The monoisotopic (exact) mass is 727 g/mol. The predicted octanol–water partition coefficient (Wildman–Crippen LogP) is 13.8. The summed E-state index contributed by atoms with van der Waals surface area (Å²) in [5.41, 5.74) is 7.39. The van der Waals surface area contributed by atoms with Gasteiger partial charge >= 0.3 is 7.94 Å². The van der Waals surface area contributed by atoms with Gasteiger partial charge in [-0.2, -0.15) is 4.89 Å². The van der Waals surface area contributed by atoms with Crippen LogP contribution in [-0.4, -0.2) is 4.89 Å². The van der Waals surface area contributed by atoms with Gasteiger partial charge in [-0.25, -0.2) is 0 Å². The zero-order valence-corrected chi connectivity index (χ0v) is 35.7. The Bertz CT molecular complexity index is 2260. The molecule has 6 aromatic rings. The van der Waals surface area contributed by atoms with E-state index in [-0.39, 0.29) is 21.7 Å². The molecule has 0 radical (unpaired) electrons. The quantitative estimate of drug-likeness (QED) is 0.180. The van der Waals surface area contributed by atoms with Gasteiger partial charge in [-0.3, -0.25) is 9.05 Å². The summed E-state index contributed by atoms with van der Waals surface area (Å²) in [6.45, 7) is 33.0. The van der Waals surface area contributed by atoms with E-state index in [9.17, 15) is 4.89 Å². The molecule has 0 saturated carbocycles. The normalized spacial score (nSPS) is 13.3. The van der Waals surface area contributed by atoms with Crippen molar-refractivity contribution in [1.82, 2.24) is 0 Å². The highest BCUT2D eigenvalue weighted by atomic mass is 31.2. The second-order valence-corrected chi connectivity index (χ2v) is 21.4. The van der Waals surface area contributed by atoms with Crippen molar-refractivity contribution < 1.29 is 13.9 Å². The van der Waals surface area contributed by atoms with Crippen molar-refractivity contribution in [1.29, 1.82) is 0 Å². The van der Waals surface area contributed by atoms with Crippen LogP contribution in [0.3, 0.4) is 0 Å². The van der Waals surface area contributed by atoms with E-state index >= 15 is 0 Å². The molecule has 6 rings (SSSR count). The third-order valence-corrected chi connectivity index (χ3v) is 12.6. The summed E-state index contributed by atoms with van der Waals surface area (Å²) < 4.78 is 14.3. The van der Waals surface area contributed by atoms with E-state index in [1.807, 2.05) is 0 Å². The van der Waals surface area contributed by atoms with Crippen molar-refractivity contribution in [2.45, 2.75) is 126 Å². The molecule has 0 bridgehead atoms. The largest absolute Gasteiger partial charge is 0.533 e. The molecular formula is C49H60O3P+. The second kappa shape index (κ2) is 13.1. The number of benzene rings is 6. The average Bonchev–Trinajstić information content (AvgIpc) is 3.01. The lowest BCUT2D eigenvalue weighted by Gasteiger charge is -2.28. The maximum absolute atomic E-state index is 13.4. The van der Waals surface area contributed by atoms with Crippen molar-refractivity contribution in [2.24, 2.45) is 0 Å². The highest BCUT2D eigenvalue weighted by Crippen LogP contribution is 2.59. The third-order valence-electron chi connectivity index (χ3n) is 10.6. The van der Waals surface area contributed by atoms with Crippen molar-refractivity contribution in [3.05, 3.63) is 124 Å². The Morgan fingerprint density at radius 1 is 0.434 bits per heavy atom. The molecule has 0 aliphatic carbocycles. The summed E-state index contributed by atoms with van der Waals surface area (Å²) in [4.78, 5) is 13.4. The van der Waals surface area contributed by atoms with Gasteiger partial charge in [0.25, 0.3) is 0 Å². The van der Waals surface area contributed by atoms with Gasteiger partial charge in [0.2, 0.25) is 5.30 Å². The molecule has 0 saturated heterocycles. The van der Waals surface area contributed by atoms with Gasteiger partial charge in [-0.05, 0) is 128 Å². The molecule has 0 atom stereocenters. The van der Waals surface area contributed by atoms with Crippen LogP contribution in [0.5, 0.6) is 11.5 Å². The van der Waals surface area contributed by atoms with E-state index in [4.69, 9.17) is 9.05 Å². The Morgan fingerprint density at radius 3 is 1.30 bits per heavy atom. The Morgan fingerprint density at radius 2 is 0.887 bits per heavy atom. The van der Waals surface area contributed by atoms with E-state index in [2.05, 4.69) is 189 Å². The van der Waals surface area contributed by atoms with E-state index in [0.717, 1.165) is 54.6 Å². The highest BCUT2D eigenvalue weighted by molar-refractivity contribution is 7.69. The fourth-order valence-corrected chi connectivity index (χ4v) is 9.26. The van der Waals surface area contributed by atoms with Gasteiger partial charge in [-0.15, -0.1) is 0 Å². The van der Waals surface area contributed by atoms with Gasteiger partial charge < -0.3 is 0 Å². The number of rotatable bonds is 5. The van der Waals surface area contributed by atoms with Crippen LogP contribution >= 0.6 is 7.94 Å². The Labute approximate surface area is 319 Å². The van der Waals surface area contributed by atoms with E-state index in [0.29, 0.717) is 16.8 Å². The van der Waals surface area contributed by atoms with Crippen LogP contribution < -0.4 is 14.4 Å². The van der Waals surface area contributed by atoms with E-state index in [1.165, 1.54) is 16.7 Å². The average molecular weight is 728 g/mol. The number of aryl methyl sites for hydroxylation is 3. The maximum Gasteiger partial charge on any atom is 0.533 e. The fraction of sp³-hybridized carbons (Fsp3) is 0.388. The highest BCUT2D eigenvalue weighted by Gasteiger charge is 2.51. The fourth-order valence-electron chi connectivity index (χ4n) is 7.38. The number of hydrogen-bond donors (Lipinski definition) is 1. The van der Waals surface area contributed by atoms with Gasteiger partial charge in [-0.1, -0.05) is 137 Å². The Kier molecular flexibility index (Phi) is 9.62. The lowest BCUT2D eigenvalue weighted by molar-refractivity contribution is 0.353. The summed E-state index contributed by atoms with van der Waals surface area (Å²) in [5.74, 6) is 1.27. The van der Waals surface area contributed by atoms with Crippen molar-refractivity contribution in [3.63, 3.8) is 0 Å². The minimum Gasteiger partial charge on any atom is -0.273 e. The summed E-state index contributed by atoms with van der Waals surface area (Å²) in [5, 5.41) is 7.34. The first kappa shape index (κ1) is 38.8. The van der Waals surface area contributed by atoms with E-state index < -0.39 is 7.94 Å². The Balaban J connectivity index is 1.62. The number of hydrogen-bond acceptors (Lipinski definition) is 3. The standard InChI is InChI=1S/C49H60O3P/c1-30-20-31(2)40-29-45(32(3)22-37(40)21-30)53(50,51-43-27-33-16-18-38(46(4,5)6)23-35(33)25-41(43)48(10,11)12)52-44-28-34-17-19-39(47(7,8)9)24-36(34)26-42(44)49(13,14)15/h16-29,50H,1-15H3/q+1. The smallest absolute Gasteiger partial charge is 0.273 e. The predicted molar refractivity (Wildman–Crippen MR) is 231 cm³/mol. The molecule has 0 amide bonds. The zero-order valence-electron chi connectivity index (χ0n) is 34.8. The molecule has 53 heavy (non-hydrogen) atoms. The summed E-state index contributed by atoms with van der Waals surface area (Å²) in [6.07, 6.45) is 0. The van der Waals surface area contributed by atoms with Crippen molar-refractivity contribution in [2.75, 3.05) is 0 Å². The molecule has 1 N–H and O–H groups in total. The lowest BCUT2D eigenvalue weighted by atomic mass is 9.83. The molecule has 278 valence electrons. The van der Waals surface area contributed by atoms with Crippen LogP contribution in [0.2, 0.25) is 0 Å². The molecule has 0 aromatic heterocycles. The zero-order chi connectivity index (χ0) is 39.1. The summed E-state index contributed by atoms with van der Waals surface area (Å²) >= 11 is 0. The molecule has 3 nitrogen and oxygen atoms in total. The molecule has 4 heteroatoms. The van der Waals surface area contributed by atoms with Crippen LogP contribution in [0, 0.1) is 20.8 Å². The first-order valence-electron chi connectivity index (χ1n) is 19.0. The summed E-state index contributed by atoms with van der Waals surface area (Å²) in [6, 6.07) is 30.7. The SMILES string of the molecule is Cc1cc(C)c2cc([P+](O)(Oc3cc4ccc(C(C)(C)C)cc4cc3C(C)(C)C)Oc3cc4ccc(C(C)(C)C)cc4cc3C(C)(C)C)c(C)cc2c1. The minimum absolute atomic E-state index is 0.0219. The second-order valence-electron chi connectivity index (χ2n) is 19.5. The van der Waals surface area contributed by atoms with E-state index in [1.54, 1.807) is 0 Å². The summed E-state index contributed by atoms with van der Waals surface area (Å²) in [7, 11) is -3.86. The minimum atomic E-state index is -3.86. The van der Waals surface area contributed by atoms with Gasteiger partial charge in [0.05, 0.1) is 0 Å². The molecular weight excluding hydrogens is 668 g/mol. The Hall–Kier alpha value is -3.91. The van der Waals surface area contributed by atoms with Crippen molar-refractivity contribution >= 4 is 45.6 Å². The molecule has 0 spiro atoms. The first-order valence-corrected chi connectivity index (χ1v) is 20.6. The molecule has 0 aliphatic rings. The number of fused-ring (bicyclic) bond motifs is 3. The molecule has 6 aromatic carbocycles. The first-order chi connectivity index (χ1) is 24.3. The topological polar surface area (TPSA) is 38.7 Å². The van der Waals surface area contributed by atoms with Crippen LogP contribution in [0.15, 0.2) is 84.9 Å². The van der Waals surface area contributed by atoms with Crippen LogP contribution in [-0.2, 0) is 21.7 Å². The van der Waals surface area contributed by atoms with Crippen LogP contribution in [0.25, 0.3) is 32.3 Å². The van der Waals surface area contributed by atoms with Gasteiger partial charge in [0.15, 0.2) is 11.5 Å². The molecule has 0 heterocycles. The van der Waals surface area contributed by atoms with Crippen molar-refractivity contribution in [3.8, 4) is 11.5 Å². The third kappa shape index (κ3) is 7.85. The molecule has 0 aliphatic heterocycles. The van der Waals surface area contributed by atoms with Crippen LogP contribution in [0.1, 0.15) is 122 Å². The molecule has 0 fully saturated rings. The maximum atomic E-state index is 13.4. The molecule has 0 unspecified atom stereocenters. The van der Waals surface area contributed by atoms with Gasteiger partial charge in [0, 0.05) is 16.7 Å². The van der Waals surface area contributed by atoms with Crippen LogP contribution in [0.4, 0.5) is 0 Å². The lowest BCUT2D eigenvalue weighted by Crippen LogP contribution is -2.26.